The average Bonchev–Trinajstić information content (AvgIpc) is 2.14. The number of hydrogen-bond acceptors (Lipinski definition) is 2. The van der Waals surface area contributed by atoms with Crippen LogP contribution >= 0.6 is 0 Å². The van der Waals surface area contributed by atoms with Crippen molar-refractivity contribution in [1.29, 1.82) is 0 Å². The lowest BCUT2D eigenvalue weighted by Crippen LogP contribution is -2.39. The molecule has 0 aliphatic heterocycles. The summed E-state index contributed by atoms with van der Waals surface area (Å²) in [5.74, 6) is 5.62. The van der Waals surface area contributed by atoms with Crippen LogP contribution in [0.25, 0.3) is 0 Å². The second-order valence-electron chi connectivity index (χ2n) is 5.51. The van der Waals surface area contributed by atoms with Gasteiger partial charge in [-0.2, -0.15) is 0 Å². The predicted octanol–water partition coefficient (Wildman–Crippen LogP) is 2.75. The van der Waals surface area contributed by atoms with Crippen molar-refractivity contribution in [1.82, 2.24) is 5.43 Å². The van der Waals surface area contributed by atoms with Gasteiger partial charge >= 0.3 is 0 Å². The van der Waals surface area contributed by atoms with E-state index in [2.05, 4.69) is 32.3 Å². The quantitative estimate of drug-likeness (QED) is 0.414. The maximum absolute atomic E-state index is 5.62. The van der Waals surface area contributed by atoms with Gasteiger partial charge in [0, 0.05) is 6.04 Å². The van der Waals surface area contributed by atoms with Crippen LogP contribution in [0.15, 0.2) is 11.6 Å². The summed E-state index contributed by atoms with van der Waals surface area (Å²) < 4.78 is 0. The lowest BCUT2D eigenvalue weighted by atomic mass is 9.83. The molecule has 1 aliphatic carbocycles. The Hall–Kier alpha value is -0.340. The van der Waals surface area contributed by atoms with E-state index in [4.69, 9.17) is 5.84 Å². The highest BCUT2D eigenvalue weighted by molar-refractivity contribution is 5.13. The fourth-order valence-corrected chi connectivity index (χ4v) is 2.09. The molecule has 0 saturated heterocycles. The van der Waals surface area contributed by atoms with E-state index in [-0.39, 0.29) is 0 Å². The van der Waals surface area contributed by atoms with Crippen LogP contribution in [0.1, 0.15) is 52.9 Å². The molecule has 0 saturated carbocycles. The van der Waals surface area contributed by atoms with Gasteiger partial charge < -0.3 is 0 Å². The molecule has 0 aromatic rings. The van der Waals surface area contributed by atoms with E-state index >= 15 is 0 Å². The van der Waals surface area contributed by atoms with Crippen molar-refractivity contribution in [3.63, 3.8) is 0 Å². The SMILES string of the molecule is CC(C)(C)CC(NN)C1=CCCCC1. The van der Waals surface area contributed by atoms with E-state index in [0.29, 0.717) is 11.5 Å². The zero-order valence-corrected chi connectivity index (χ0v) is 9.77. The Kier molecular flexibility index (Phi) is 4.14. The molecule has 0 fully saturated rings. The van der Waals surface area contributed by atoms with Gasteiger partial charge in [-0.05, 0) is 37.5 Å². The molecule has 82 valence electrons. The third kappa shape index (κ3) is 3.81. The molecule has 2 heteroatoms. The van der Waals surface area contributed by atoms with Crippen LogP contribution in [0.4, 0.5) is 0 Å². The number of hydrogen-bond donors (Lipinski definition) is 2. The Morgan fingerprint density at radius 2 is 2.14 bits per heavy atom. The molecular weight excluding hydrogens is 172 g/mol. The van der Waals surface area contributed by atoms with Gasteiger partial charge in [0.2, 0.25) is 0 Å². The van der Waals surface area contributed by atoms with Crippen molar-refractivity contribution in [2.24, 2.45) is 11.3 Å². The minimum absolute atomic E-state index is 0.343. The topological polar surface area (TPSA) is 38.0 Å². The van der Waals surface area contributed by atoms with Gasteiger partial charge in [-0.3, -0.25) is 11.3 Å². The Morgan fingerprint density at radius 1 is 1.43 bits per heavy atom. The van der Waals surface area contributed by atoms with Crippen LogP contribution in [0.2, 0.25) is 0 Å². The van der Waals surface area contributed by atoms with Gasteiger partial charge in [-0.1, -0.05) is 32.4 Å². The van der Waals surface area contributed by atoms with Crippen LogP contribution in [0.5, 0.6) is 0 Å². The van der Waals surface area contributed by atoms with Gasteiger partial charge in [-0.25, -0.2) is 0 Å². The van der Waals surface area contributed by atoms with E-state index in [1.165, 1.54) is 31.3 Å². The number of nitrogens with two attached hydrogens (primary N) is 1. The molecule has 0 radical (unpaired) electrons. The fraction of sp³-hybridized carbons (Fsp3) is 0.833. The lowest BCUT2D eigenvalue weighted by molar-refractivity contribution is 0.324. The van der Waals surface area contributed by atoms with E-state index in [1.807, 2.05) is 0 Å². The zero-order chi connectivity index (χ0) is 10.6. The molecular formula is C12H24N2. The maximum Gasteiger partial charge on any atom is 0.0424 e. The molecule has 0 amide bonds. The second-order valence-corrected chi connectivity index (χ2v) is 5.51. The number of nitrogens with one attached hydrogen (secondary N) is 1. The Labute approximate surface area is 87.9 Å². The molecule has 0 aromatic carbocycles. The first kappa shape index (κ1) is 11.7. The fourth-order valence-electron chi connectivity index (χ4n) is 2.09. The molecule has 1 aliphatic rings. The van der Waals surface area contributed by atoms with Gasteiger partial charge in [0.1, 0.15) is 0 Å². The van der Waals surface area contributed by atoms with Crippen LogP contribution < -0.4 is 11.3 Å². The zero-order valence-electron chi connectivity index (χ0n) is 9.77. The summed E-state index contributed by atoms with van der Waals surface area (Å²) in [5, 5.41) is 0. The molecule has 0 spiro atoms. The van der Waals surface area contributed by atoms with E-state index in [0.717, 1.165) is 6.42 Å². The van der Waals surface area contributed by atoms with Crippen LogP contribution in [-0.4, -0.2) is 6.04 Å². The molecule has 2 nitrogen and oxygen atoms in total. The molecule has 0 aromatic heterocycles. The summed E-state index contributed by atoms with van der Waals surface area (Å²) in [4.78, 5) is 0. The monoisotopic (exact) mass is 196 g/mol. The first-order valence-corrected chi connectivity index (χ1v) is 5.68. The van der Waals surface area contributed by atoms with Gasteiger partial charge in [0.05, 0.1) is 0 Å². The van der Waals surface area contributed by atoms with Crippen molar-refractivity contribution < 1.29 is 0 Å². The molecule has 1 atom stereocenters. The van der Waals surface area contributed by atoms with Crippen molar-refractivity contribution in [3.05, 3.63) is 11.6 Å². The van der Waals surface area contributed by atoms with Crippen molar-refractivity contribution in [2.75, 3.05) is 0 Å². The predicted molar refractivity (Wildman–Crippen MR) is 61.7 cm³/mol. The Balaban J connectivity index is 2.57. The molecule has 14 heavy (non-hydrogen) atoms. The molecule has 0 bridgehead atoms. The number of hydrazine groups is 1. The van der Waals surface area contributed by atoms with Crippen LogP contribution in [-0.2, 0) is 0 Å². The normalized spacial score (nSPS) is 20.4. The maximum atomic E-state index is 5.62. The van der Waals surface area contributed by atoms with E-state index in [1.54, 1.807) is 0 Å². The molecule has 3 N–H and O–H groups in total. The summed E-state index contributed by atoms with van der Waals surface area (Å²) in [5.41, 5.74) is 4.82. The summed E-state index contributed by atoms with van der Waals surface area (Å²) >= 11 is 0. The highest BCUT2D eigenvalue weighted by Crippen LogP contribution is 2.28. The van der Waals surface area contributed by atoms with Gasteiger partial charge in [0.15, 0.2) is 0 Å². The van der Waals surface area contributed by atoms with E-state index in [9.17, 15) is 0 Å². The Morgan fingerprint density at radius 3 is 2.57 bits per heavy atom. The third-order valence-electron chi connectivity index (χ3n) is 2.79. The smallest absolute Gasteiger partial charge is 0.0424 e. The highest BCUT2D eigenvalue weighted by atomic mass is 15.2. The summed E-state index contributed by atoms with van der Waals surface area (Å²) in [6.07, 6.45) is 8.63. The summed E-state index contributed by atoms with van der Waals surface area (Å²) in [7, 11) is 0. The van der Waals surface area contributed by atoms with Gasteiger partial charge in [0.25, 0.3) is 0 Å². The summed E-state index contributed by atoms with van der Waals surface area (Å²) in [6, 6.07) is 0.385. The minimum Gasteiger partial charge on any atom is -0.271 e. The highest BCUT2D eigenvalue weighted by Gasteiger charge is 2.21. The third-order valence-corrected chi connectivity index (χ3v) is 2.79. The first-order chi connectivity index (χ1) is 6.53. The van der Waals surface area contributed by atoms with Crippen molar-refractivity contribution in [2.45, 2.75) is 58.9 Å². The average molecular weight is 196 g/mol. The summed E-state index contributed by atoms with van der Waals surface area (Å²) in [6.45, 7) is 6.79. The number of rotatable bonds is 3. The van der Waals surface area contributed by atoms with Crippen molar-refractivity contribution >= 4 is 0 Å². The van der Waals surface area contributed by atoms with Crippen LogP contribution in [0, 0.1) is 5.41 Å². The Bertz CT molecular complexity index is 201. The minimum atomic E-state index is 0.343. The molecule has 1 unspecified atom stereocenters. The molecule has 0 heterocycles. The van der Waals surface area contributed by atoms with E-state index < -0.39 is 0 Å². The second kappa shape index (κ2) is 4.94. The van der Waals surface area contributed by atoms with Crippen molar-refractivity contribution in [3.8, 4) is 0 Å². The number of allylic oxidation sites excluding steroid dienone is 1. The van der Waals surface area contributed by atoms with Crippen LogP contribution in [0.3, 0.4) is 0 Å². The lowest BCUT2D eigenvalue weighted by Gasteiger charge is -2.29. The van der Waals surface area contributed by atoms with Gasteiger partial charge in [-0.15, -0.1) is 0 Å². The standard InChI is InChI=1S/C12H24N2/c1-12(2,3)9-11(14-13)10-7-5-4-6-8-10/h7,11,14H,4-6,8-9,13H2,1-3H3. The largest absolute Gasteiger partial charge is 0.271 e. The molecule has 1 rings (SSSR count). The first-order valence-electron chi connectivity index (χ1n) is 5.68.